The summed E-state index contributed by atoms with van der Waals surface area (Å²) >= 11 is 7.26. The minimum atomic E-state index is 0.425. The molecule has 3 rings (SSSR count). The molecule has 4 nitrogen and oxygen atoms in total. The maximum atomic E-state index is 5.73. The number of hydrogen-bond acceptors (Lipinski definition) is 4. The quantitative estimate of drug-likeness (QED) is 0.773. The first kappa shape index (κ1) is 10.2. The number of nitrogens with zero attached hydrogens (tertiary/aromatic N) is 4. The number of rotatable bonds is 2. The van der Waals surface area contributed by atoms with Crippen molar-refractivity contribution in [3.8, 4) is 5.13 Å². The molecule has 0 saturated carbocycles. The van der Waals surface area contributed by atoms with E-state index in [0.717, 1.165) is 23.0 Å². The smallest absolute Gasteiger partial charge is 0.217 e. The van der Waals surface area contributed by atoms with Gasteiger partial charge in [-0.1, -0.05) is 11.3 Å². The topological polar surface area (TPSA) is 43.6 Å². The molecule has 0 radical (unpaired) electrons. The second-order valence-electron chi connectivity index (χ2n) is 3.83. The average molecular weight is 255 g/mol. The summed E-state index contributed by atoms with van der Waals surface area (Å²) in [5.74, 6) is 0.425. The first-order chi connectivity index (χ1) is 7.88. The van der Waals surface area contributed by atoms with E-state index in [1.807, 2.05) is 6.33 Å². The second-order valence-corrected chi connectivity index (χ2v) is 5.13. The Morgan fingerprint density at radius 3 is 3.00 bits per heavy atom. The lowest BCUT2D eigenvalue weighted by molar-refractivity contribution is 0.655. The van der Waals surface area contributed by atoms with Crippen LogP contribution in [0.15, 0.2) is 6.33 Å². The molecular weight excluding hydrogens is 244 g/mol. The van der Waals surface area contributed by atoms with Gasteiger partial charge in [-0.2, -0.15) is 0 Å². The van der Waals surface area contributed by atoms with Gasteiger partial charge in [-0.25, -0.2) is 4.98 Å². The molecule has 84 valence electrons. The molecule has 0 spiro atoms. The van der Waals surface area contributed by atoms with Crippen LogP contribution in [-0.4, -0.2) is 19.7 Å². The molecule has 0 aliphatic heterocycles. The predicted octanol–water partition coefficient (Wildman–Crippen LogP) is 2.34. The molecule has 1 aliphatic rings. The van der Waals surface area contributed by atoms with Crippen molar-refractivity contribution in [2.75, 3.05) is 0 Å². The molecule has 0 unspecified atom stereocenters. The van der Waals surface area contributed by atoms with Crippen molar-refractivity contribution in [1.82, 2.24) is 19.7 Å². The summed E-state index contributed by atoms with van der Waals surface area (Å²) in [5, 5.41) is 9.91. The van der Waals surface area contributed by atoms with E-state index in [-0.39, 0.29) is 0 Å². The largest absolute Gasteiger partial charge is 0.277 e. The molecular formula is C10H11ClN4S. The van der Waals surface area contributed by atoms with Gasteiger partial charge in [0.05, 0.1) is 11.6 Å². The molecule has 0 saturated heterocycles. The van der Waals surface area contributed by atoms with Gasteiger partial charge in [0.25, 0.3) is 0 Å². The van der Waals surface area contributed by atoms with Crippen molar-refractivity contribution in [3.05, 3.63) is 22.7 Å². The standard InChI is InChI=1S/C10H11ClN4S/c11-5-9-13-14-10(16-9)15-6-12-7-3-1-2-4-8(7)15/h6H,1-5H2. The van der Waals surface area contributed by atoms with Gasteiger partial charge in [-0.15, -0.1) is 21.8 Å². The van der Waals surface area contributed by atoms with E-state index >= 15 is 0 Å². The first-order valence-electron chi connectivity index (χ1n) is 5.32. The van der Waals surface area contributed by atoms with E-state index in [4.69, 9.17) is 11.6 Å². The van der Waals surface area contributed by atoms with Gasteiger partial charge < -0.3 is 0 Å². The van der Waals surface area contributed by atoms with Crippen LogP contribution in [0.3, 0.4) is 0 Å². The Labute approximate surface area is 102 Å². The summed E-state index contributed by atoms with van der Waals surface area (Å²) in [4.78, 5) is 4.44. The zero-order chi connectivity index (χ0) is 11.0. The summed E-state index contributed by atoms with van der Waals surface area (Å²) in [5.41, 5.74) is 2.51. The van der Waals surface area contributed by atoms with Crippen LogP contribution in [0.2, 0.25) is 0 Å². The summed E-state index contributed by atoms with van der Waals surface area (Å²) < 4.78 is 2.06. The molecule has 0 fully saturated rings. The number of fused-ring (bicyclic) bond motifs is 1. The SMILES string of the molecule is ClCc1nnc(-n2cnc3c2CCCC3)s1. The fourth-order valence-corrected chi connectivity index (χ4v) is 2.93. The Morgan fingerprint density at radius 2 is 2.19 bits per heavy atom. The van der Waals surface area contributed by atoms with Gasteiger partial charge in [0.1, 0.15) is 11.3 Å². The van der Waals surface area contributed by atoms with Crippen molar-refractivity contribution in [3.63, 3.8) is 0 Å². The van der Waals surface area contributed by atoms with E-state index < -0.39 is 0 Å². The Balaban J connectivity index is 2.02. The van der Waals surface area contributed by atoms with E-state index in [0.29, 0.717) is 5.88 Å². The fraction of sp³-hybridized carbons (Fsp3) is 0.500. The lowest BCUT2D eigenvalue weighted by Crippen LogP contribution is -2.06. The van der Waals surface area contributed by atoms with Crippen molar-refractivity contribution in [2.24, 2.45) is 0 Å². The van der Waals surface area contributed by atoms with Gasteiger partial charge in [0.15, 0.2) is 0 Å². The third-order valence-corrected chi connectivity index (χ3v) is 4.14. The Hall–Kier alpha value is -0.940. The number of imidazole rings is 1. The number of aromatic nitrogens is 4. The van der Waals surface area contributed by atoms with Crippen LogP contribution in [0.25, 0.3) is 5.13 Å². The van der Waals surface area contributed by atoms with E-state index in [1.165, 1.54) is 35.6 Å². The van der Waals surface area contributed by atoms with Crippen molar-refractivity contribution in [2.45, 2.75) is 31.6 Å². The number of aryl methyl sites for hydroxylation is 1. The molecule has 6 heteroatoms. The van der Waals surface area contributed by atoms with Crippen molar-refractivity contribution in [1.29, 1.82) is 0 Å². The third kappa shape index (κ3) is 1.64. The highest BCUT2D eigenvalue weighted by atomic mass is 35.5. The maximum Gasteiger partial charge on any atom is 0.217 e. The fourth-order valence-electron chi connectivity index (χ4n) is 2.03. The molecule has 1 aliphatic carbocycles. The zero-order valence-corrected chi connectivity index (χ0v) is 10.3. The highest BCUT2D eigenvalue weighted by molar-refractivity contribution is 7.13. The molecule has 0 bridgehead atoms. The average Bonchev–Trinajstić information content (AvgIpc) is 2.94. The zero-order valence-electron chi connectivity index (χ0n) is 8.69. The van der Waals surface area contributed by atoms with Crippen molar-refractivity contribution < 1.29 is 0 Å². The predicted molar refractivity (Wildman–Crippen MR) is 63.2 cm³/mol. The van der Waals surface area contributed by atoms with Gasteiger partial charge in [-0.3, -0.25) is 4.57 Å². The lowest BCUT2D eigenvalue weighted by atomic mass is 10.0. The highest BCUT2D eigenvalue weighted by Crippen LogP contribution is 2.24. The van der Waals surface area contributed by atoms with E-state index in [9.17, 15) is 0 Å². The molecule has 0 aromatic carbocycles. The monoisotopic (exact) mass is 254 g/mol. The molecule has 0 atom stereocenters. The number of hydrogen-bond donors (Lipinski definition) is 0. The number of alkyl halides is 1. The lowest BCUT2D eigenvalue weighted by Gasteiger charge is -2.11. The summed E-state index contributed by atoms with van der Waals surface area (Å²) in [6, 6.07) is 0. The Morgan fingerprint density at radius 1 is 1.31 bits per heavy atom. The minimum Gasteiger partial charge on any atom is -0.277 e. The normalized spacial score (nSPS) is 15.1. The van der Waals surface area contributed by atoms with Crippen molar-refractivity contribution >= 4 is 22.9 Å². The van der Waals surface area contributed by atoms with Crippen LogP contribution in [0.1, 0.15) is 29.2 Å². The Kier molecular flexibility index (Phi) is 2.65. The second kappa shape index (κ2) is 4.14. The van der Waals surface area contributed by atoms with Crippen LogP contribution in [0, 0.1) is 0 Å². The molecule has 0 N–H and O–H groups in total. The van der Waals surface area contributed by atoms with Gasteiger partial charge in [0, 0.05) is 5.69 Å². The van der Waals surface area contributed by atoms with Gasteiger partial charge in [0.2, 0.25) is 5.13 Å². The van der Waals surface area contributed by atoms with Crippen LogP contribution < -0.4 is 0 Å². The molecule has 2 aromatic rings. The van der Waals surface area contributed by atoms with Crippen LogP contribution in [0.4, 0.5) is 0 Å². The molecule has 16 heavy (non-hydrogen) atoms. The van der Waals surface area contributed by atoms with Crippen LogP contribution >= 0.6 is 22.9 Å². The summed E-state index contributed by atoms with van der Waals surface area (Å²) in [7, 11) is 0. The van der Waals surface area contributed by atoms with Crippen LogP contribution in [-0.2, 0) is 18.7 Å². The maximum absolute atomic E-state index is 5.73. The van der Waals surface area contributed by atoms with E-state index in [2.05, 4.69) is 19.7 Å². The Bertz CT molecular complexity index is 505. The third-order valence-electron chi connectivity index (χ3n) is 2.81. The van der Waals surface area contributed by atoms with Gasteiger partial charge >= 0.3 is 0 Å². The van der Waals surface area contributed by atoms with E-state index in [1.54, 1.807) is 0 Å². The summed E-state index contributed by atoms with van der Waals surface area (Å²) in [6.07, 6.45) is 6.51. The molecule has 0 amide bonds. The minimum absolute atomic E-state index is 0.425. The summed E-state index contributed by atoms with van der Waals surface area (Å²) in [6.45, 7) is 0. The molecule has 2 heterocycles. The highest BCUT2D eigenvalue weighted by Gasteiger charge is 2.17. The van der Waals surface area contributed by atoms with Crippen LogP contribution in [0.5, 0.6) is 0 Å². The first-order valence-corrected chi connectivity index (χ1v) is 6.67. The van der Waals surface area contributed by atoms with Gasteiger partial charge in [-0.05, 0) is 25.7 Å². The molecule has 2 aromatic heterocycles. The number of halogens is 1.